The second-order valence-electron chi connectivity index (χ2n) is 6.28. The van der Waals surface area contributed by atoms with Gasteiger partial charge in [0.2, 0.25) is 0 Å². The van der Waals surface area contributed by atoms with Crippen LogP contribution in [0.5, 0.6) is 0 Å². The third-order valence-electron chi connectivity index (χ3n) is 3.90. The Balaban J connectivity index is 3.14. The monoisotopic (exact) mass is 370 g/mol. The molecule has 5 nitrogen and oxygen atoms in total. The molecular formula is C21H38O5. The van der Waals surface area contributed by atoms with Crippen molar-refractivity contribution in [3.8, 4) is 12.3 Å². The molecule has 0 saturated carbocycles. The lowest BCUT2D eigenvalue weighted by Crippen LogP contribution is -2.13. The van der Waals surface area contributed by atoms with Gasteiger partial charge >= 0.3 is 5.97 Å². The molecule has 5 heteroatoms. The highest BCUT2D eigenvalue weighted by molar-refractivity contribution is 5.69. The van der Waals surface area contributed by atoms with Gasteiger partial charge in [-0.2, -0.15) is 0 Å². The van der Waals surface area contributed by atoms with Crippen LogP contribution in [0.15, 0.2) is 0 Å². The van der Waals surface area contributed by atoms with E-state index in [0.29, 0.717) is 52.7 Å². The molecule has 0 aromatic carbocycles. The van der Waals surface area contributed by atoms with Gasteiger partial charge in [0.1, 0.15) is 13.2 Å². The second-order valence-corrected chi connectivity index (χ2v) is 6.28. The van der Waals surface area contributed by atoms with Crippen molar-refractivity contribution < 1.29 is 23.7 Å². The molecule has 0 aromatic rings. The minimum atomic E-state index is -0.126. The lowest BCUT2D eigenvalue weighted by atomic mass is 10.1. The van der Waals surface area contributed by atoms with Gasteiger partial charge in [0, 0.05) is 6.42 Å². The van der Waals surface area contributed by atoms with Crippen LogP contribution >= 0.6 is 0 Å². The van der Waals surface area contributed by atoms with Gasteiger partial charge in [-0.15, -0.1) is 6.42 Å². The van der Waals surface area contributed by atoms with Crippen molar-refractivity contribution in [2.75, 3.05) is 46.2 Å². The van der Waals surface area contributed by atoms with E-state index < -0.39 is 0 Å². The molecule has 0 spiro atoms. The van der Waals surface area contributed by atoms with Crippen LogP contribution < -0.4 is 0 Å². The number of hydrogen-bond acceptors (Lipinski definition) is 5. The quantitative estimate of drug-likeness (QED) is 0.183. The Kier molecular flexibility index (Phi) is 21.0. The molecule has 0 fully saturated rings. The molecule has 0 aliphatic heterocycles. The van der Waals surface area contributed by atoms with Gasteiger partial charge in [-0.05, 0) is 6.42 Å². The number of terminal acetylenes is 1. The molecule has 0 saturated heterocycles. The summed E-state index contributed by atoms with van der Waals surface area (Å²) >= 11 is 0. The van der Waals surface area contributed by atoms with Crippen LogP contribution in [0, 0.1) is 12.3 Å². The third-order valence-corrected chi connectivity index (χ3v) is 3.90. The van der Waals surface area contributed by atoms with Gasteiger partial charge in [0.25, 0.3) is 0 Å². The maximum atomic E-state index is 11.6. The molecule has 0 rings (SSSR count). The summed E-state index contributed by atoms with van der Waals surface area (Å²) in [6.45, 7) is 5.21. The summed E-state index contributed by atoms with van der Waals surface area (Å²) in [5.41, 5.74) is 0. The fourth-order valence-corrected chi connectivity index (χ4v) is 2.44. The number of hydrogen-bond donors (Lipinski definition) is 0. The van der Waals surface area contributed by atoms with Crippen LogP contribution in [-0.2, 0) is 23.7 Å². The molecule has 0 N–H and O–H groups in total. The number of rotatable bonds is 20. The highest BCUT2D eigenvalue weighted by Gasteiger charge is 2.02. The zero-order valence-corrected chi connectivity index (χ0v) is 16.6. The minimum absolute atomic E-state index is 0.126. The third kappa shape index (κ3) is 21.0. The summed E-state index contributed by atoms with van der Waals surface area (Å²) in [5.74, 6) is 2.26. The topological polar surface area (TPSA) is 54.0 Å². The lowest BCUT2D eigenvalue weighted by Gasteiger charge is -2.07. The standard InChI is InChI=1S/C21H38O5/c1-3-5-6-7-8-9-10-11-12-13-21(22)26-20-19-25-18-17-24-16-15-23-14-4-2/h2H,3,5-20H2,1H3. The summed E-state index contributed by atoms with van der Waals surface area (Å²) in [6.07, 6.45) is 16.8. The molecule has 0 amide bonds. The van der Waals surface area contributed by atoms with Crippen molar-refractivity contribution in [2.45, 2.75) is 71.1 Å². The number of carbonyl (C=O) groups excluding carboxylic acids is 1. The summed E-state index contributed by atoms with van der Waals surface area (Å²) in [5, 5.41) is 0. The second kappa shape index (κ2) is 22.0. The maximum Gasteiger partial charge on any atom is 0.305 e. The fourth-order valence-electron chi connectivity index (χ4n) is 2.44. The summed E-state index contributed by atoms with van der Waals surface area (Å²) in [7, 11) is 0. The van der Waals surface area contributed by atoms with E-state index in [1.165, 1.54) is 44.9 Å². The highest BCUT2D eigenvalue weighted by Crippen LogP contribution is 2.10. The summed E-state index contributed by atoms with van der Waals surface area (Å²) in [4.78, 5) is 11.6. The molecule has 152 valence electrons. The van der Waals surface area contributed by atoms with Crippen LogP contribution in [0.2, 0.25) is 0 Å². The zero-order chi connectivity index (χ0) is 19.1. The number of ether oxygens (including phenoxy) is 4. The Morgan fingerprint density at radius 2 is 1.23 bits per heavy atom. The van der Waals surface area contributed by atoms with Crippen LogP contribution in [0.25, 0.3) is 0 Å². The van der Waals surface area contributed by atoms with Crippen molar-refractivity contribution in [2.24, 2.45) is 0 Å². The van der Waals surface area contributed by atoms with Gasteiger partial charge in [0.15, 0.2) is 0 Å². The van der Waals surface area contributed by atoms with E-state index in [4.69, 9.17) is 25.4 Å². The Morgan fingerprint density at radius 3 is 1.81 bits per heavy atom. The molecule has 0 atom stereocenters. The van der Waals surface area contributed by atoms with Crippen molar-refractivity contribution >= 4 is 5.97 Å². The molecule has 0 radical (unpaired) electrons. The first-order valence-corrected chi connectivity index (χ1v) is 10.1. The SMILES string of the molecule is C#CCOCCOCCOCCOC(=O)CCCCCCCCCCC. The average Bonchev–Trinajstić information content (AvgIpc) is 2.64. The van der Waals surface area contributed by atoms with Crippen LogP contribution in [0.3, 0.4) is 0 Å². The molecule has 0 aliphatic rings. The van der Waals surface area contributed by atoms with Gasteiger partial charge in [-0.3, -0.25) is 4.79 Å². The summed E-state index contributed by atoms with van der Waals surface area (Å²) in [6, 6.07) is 0. The first-order valence-electron chi connectivity index (χ1n) is 10.1. The molecule has 26 heavy (non-hydrogen) atoms. The van der Waals surface area contributed by atoms with E-state index in [1.54, 1.807) is 0 Å². The van der Waals surface area contributed by atoms with Crippen LogP contribution in [0.4, 0.5) is 0 Å². The summed E-state index contributed by atoms with van der Waals surface area (Å²) < 4.78 is 20.8. The first-order chi connectivity index (χ1) is 12.8. The first kappa shape index (κ1) is 24.9. The molecule has 0 heterocycles. The Labute approximate surface area is 160 Å². The van der Waals surface area contributed by atoms with Crippen molar-refractivity contribution in [1.29, 1.82) is 0 Å². The highest BCUT2D eigenvalue weighted by atomic mass is 16.6. The van der Waals surface area contributed by atoms with E-state index in [2.05, 4.69) is 12.8 Å². The molecule has 0 bridgehead atoms. The largest absolute Gasteiger partial charge is 0.463 e. The maximum absolute atomic E-state index is 11.6. The van der Waals surface area contributed by atoms with Crippen molar-refractivity contribution in [3.63, 3.8) is 0 Å². The van der Waals surface area contributed by atoms with E-state index >= 15 is 0 Å². The predicted molar refractivity (Wildman–Crippen MR) is 104 cm³/mol. The van der Waals surface area contributed by atoms with Crippen LogP contribution in [-0.4, -0.2) is 52.2 Å². The smallest absolute Gasteiger partial charge is 0.305 e. The number of esters is 1. The van der Waals surface area contributed by atoms with Gasteiger partial charge in [0.05, 0.1) is 33.0 Å². The normalized spacial score (nSPS) is 10.6. The molecule has 0 unspecified atom stereocenters. The molecule has 0 aromatic heterocycles. The van der Waals surface area contributed by atoms with Crippen LogP contribution in [0.1, 0.15) is 71.1 Å². The number of carbonyl (C=O) groups is 1. The zero-order valence-electron chi connectivity index (χ0n) is 16.6. The Bertz CT molecular complexity index is 338. The van der Waals surface area contributed by atoms with Crippen molar-refractivity contribution in [3.05, 3.63) is 0 Å². The minimum Gasteiger partial charge on any atom is -0.463 e. The van der Waals surface area contributed by atoms with Gasteiger partial charge in [-0.25, -0.2) is 0 Å². The van der Waals surface area contributed by atoms with E-state index in [0.717, 1.165) is 12.8 Å². The predicted octanol–water partition coefficient (Wildman–Crippen LogP) is 4.13. The molecular weight excluding hydrogens is 332 g/mol. The fraction of sp³-hybridized carbons (Fsp3) is 0.857. The number of unbranched alkanes of at least 4 members (excludes halogenated alkanes) is 8. The van der Waals surface area contributed by atoms with Crippen molar-refractivity contribution in [1.82, 2.24) is 0 Å². The van der Waals surface area contributed by atoms with E-state index in [-0.39, 0.29) is 5.97 Å². The lowest BCUT2D eigenvalue weighted by molar-refractivity contribution is -0.145. The van der Waals surface area contributed by atoms with Gasteiger partial charge in [-0.1, -0.05) is 64.2 Å². The van der Waals surface area contributed by atoms with E-state index in [1.807, 2.05) is 0 Å². The Hall–Kier alpha value is -1.09. The Morgan fingerprint density at radius 1 is 0.731 bits per heavy atom. The molecule has 0 aliphatic carbocycles. The van der Waals surface area contributed by atoms with Gasteiger partial charge < -0.3 is 18.9 Å². The average molecular weight is 371 g/mol. The van der Waals surface area contributed by atoms with E-state index in [9.17, 15) is 4.79 Å².